The standard InChI is InChI=1S/C2H2N6O4/c9-7(10)6(8(11)12)2-1-3-5-4-2/h1H,(H,3,4,5). The summed E-state index contributed by atoms with van der Waals surface area (Å²) in [5.74, 6) is -0.481. The molecule has 0 atom stereocenters. The van der Waals surface area contributed by atoms with Crippen molar-refractivity contribution < 1.29 is 10.1 Å². The molecule has 1 aromatic heterocycles. The van der Waals surface area contributed by atoms with Gasteiger partial charge in [-0.25, -0.2) is 20.2 Å². The van der Waals surface area contributed by atoms with Gasteiger partial charge < -0.3 is 0 Å². The van der Waals surface area contributed by atoms with Gasteiger partial charge in [0, 0.05) is 0 Å². The highest BCUT2D eigenvalue weighted by Crippen LogP contribution is 2.05. The quantitative estimate of drug-likeness (QED) is 0.458. The van der Waals surface area contributed by atoms with Crippen LogP contribution in [0.4, 0.5) is 5.82 Å². The van der Waals surface area contributed by atoms with Crippen LogP contribution in [0.2, 0.25) is 0 Å². The minimum absolute atomic E-state index is 0.344. The number of aromatic amines is 1. The molecule has 1 aromatic rings. The molecule has 0 unspecified atom stereocenters. The lowest BCUT2D eigenvalue weighted by Crippen LogP contribution is -2.35. The van der Waals surface area contributed by atoms with E-state index in [-0.39, 0.29) is 5.12 Å². The highest BCUT2D eigenvalue weighted by molar-refractivity contribution is 5.24. The molecule has 12 heavy (non-hydrogen) atoms. The van der Waals surface area contributed by atoms with E-state index in [2.05, 4.69) is 15.4 Å². The summed E-state index contributed by atoms with van der Waals surface area (Å²) in [5, 5.41) is 25.6. The van der Waals surface area contributed by atoms with Gasteiger partial charge in [-0.3, -0.25) is 5.10 Å². The lowest BCUT2D eigenvalue weighted by atomic mass is 10.8. The third-order valence-electron chi connectivity index (χ3n) is 0.918. The first-order valence-electron chi connectivity index (χ1n) is 2.58. The number of hydrogen-bond donors (Lipinski definition) is 1. The molecule has 0 aliphatic rings. The first kappa shape index (κ1) is 7.84. The fourth-order valence-electron chi connectivity index (χ4n) is 0.520. The van der Waals surface area contributed by atoms with Gasteiger partial charge in [0.25, 0.3) is 0 Å². The van der Waals surface area contributed by atoms with Crippen LogP contribution >= 0.6 is 0 Å². The number of anilines is 1. The molecule has 1 heterocycles. The summed E-state index contributed by atoms with van der Waals surface area (Å²) >= 11 is 0. The van der Waals surface area contributed by atoms with Crippen LogP contribution in [0.1, 0.15) is 0 Å². The second-order valence-corrected chi connectivity index (χ2v) is 1.60. The molecule has 0 fully saturated rings. The van der Waals surface area contributed by atoms with Crippen molar-refractivity contribution >= 4 is 5.82 Å². The molecule has 0 aromatic carbocycles. The molecule has 0 aliphatic carbocycles. The van der Waals surface area contributed by atoms with Crippen molar-refractivity contribution in [2.24, 2.45) is 0 Å². The molecule has 0 amide bonds. The maximum Gasteiger partial charge on any atom is 0.309 e. The van der Waals surface area contributed by atoms with Crippen molar-refractivity contribution in [1.29, 1.82) is 0 Å². The van der Waals surface area contributed by atoms with Crippen molar-refractivity contribution in [1.82, 2.24) is 15.4 Å². The van der Waals surface area contributed by atoms with Crippen LogP contribution in [0.5, 0.6) is 0 Å². The van der Waals surface area contributed by atoms with Crippen LogP contribution in [0.3, 0.4) is 0 Å². The first-order valence-corrected chi connectivity index (χ1v) is 2.58. The first-order chi connectivity index (χ1) is 5.63. The van der Waals surface area contributed by atoms with E-state index in [0.29, 0.717) is 0 Å². The van der Waals surface area contributed by atoms with Gasteiger partial charge in [-0.1, -0.05) is 10.3 Å². The number of rotatable bonds is 3. The lowest BCUT2D eigenvalue weighted by Gasteiger charge is -1.96. The van der Waals surface area contributed by atoms with Crippen LogP contribution in [0.15, 0.2) is 6.20 Å². The molecule has 0 spiro atoms. The molecule has 0 radical (unpaired) electrons. The average Bonchev–Trinajstić information content (AvgIpc) is 2.37. The second kappa shape index (κ2) is 2.77. The predicted molar refractivity (Wildman–Crippen MR) is 32.9 cm³/mol. The van der Waals surface area contributed by atoms with Gasteiger partial charge in [-0.05, 0) is 0 Å². The number of aromatic nitrogens is 3. The van der Waals surface area contributed by atoms with E-state index in [1.54, 1.807) is 0 Å². The van der Waals surface area contributed by atoms with Gasteiger partial charge in [-0.2, -0.15) is 0 Å². The van der Waals surface area contributed by atoms with E-state index in [9.17, 15) is 20.2 Å². The van der Waals surface area contributed by atoms with Crippen molar-refractivity contribution in [2.45, 2.75) is 0 Å². The zero-order valence-corrected chi connectivity index (χ0v) is 5.45. The van der Waals surface area contributed by atoms with E-state index in [0.717, 1.165) is 6.20 Å². The predicted octanol–water partition coefficient (Wildman–Crippen LogP) is -1.01. The molecule has 0 aliphatic heterocycles. The second-order valence-electron chi connectivity index (χ2n) is 1.60. The molecule has 64 valence electrons. The molecule has 10 heteroatoms. The van der Waals surface area contributed by atoms with Crippen LogP contribution < -0.4 is 5.12 Å². The van der Waals surface area contributed by atoms with Crippen LogP contribution in [0.25, 0.3) is 0 Å². The van der Waals surface area contributed by atoms with E-state index < -0.39 is 15.9 Å². The largest absolute Gasteiger partial charge is 0.309 e. The third kappa shape index (κ3) is 1.25. The van der Waals surface area contributed by atoms with E-state index in [1.165, 1.54) is 0 Å². The Morgan fingerprint density at radius 2 is 2.00 bits per heavy atom. The Morgan fingerprint density at radius 3 is 2.33 bits per heavy atom. The SMILES string of the molecule is O=[N+]([O-])N(c1c[nH]nn1)[N+](=O)[O-]. The Labute approximate surface area is 64.0 Å². The molecular weight excluding hydrogens is 172 g/mol. The Hall–Kier alpha value is -2.26. The van der Waals surface area contributed by atoms with Gasteiger partial charge in [0.2, 0.25) is 15.2 Å². The maximum atomic E-state index is 10.0. The Balaban J connectivity index is 2.96. The molecule has 1 N–H and O–H groups in total. The summed E-state index contributed by atoms with van der Waals surface area (Å²) in [5.41, 5.74) is 0. The van der Waals surface area contributed by atoms with Crippen molar-refractivity contribution in [3.05, 3.63) is 26.4 Å². The molecule has 0 saturated carbocycles. The van der Waals surface area contributed by atoms with E-state index in [1.807, 2.05) is 0 Å². The number of H-pyrrole nitrogens is 1. The summed E-state index contributed by atoms with van der Waals surface area (Å²) in [7, 11) is 0. The average molecular weight is 174 g/mol. The molecule has 1 rings (SSSR count). The van der Waals surface area contributed by atoms with E-state index in [4.69, 9.17) is 0 Å². The normalized spacial score (nSPS) is 9.33. The van der Waals surface area contributed by atoms with Gasteiger partial charge in [0.05, 0.1) is 6.20 Å². The monoisotopic (exact) mass is 174 g/mol. The summed E-state index contributed by atoms with van der Waals surface area (Å²) in [4.78, 5) is 20.1. The van der Waals surface area contributed by atoms with Crippen molar-refractivity contribution in [2.75, 3.05) is 5.12 Å². The number of hydrogen-bond acceptors (Lipinski definition) is 6. The highest BCUT2D eigenvalue weighted by Gasteiger charge is 2.32. The fourth-order valence-corrected chi connectivity index (χ4v) is 0.520. The summed E-state index contributed by atoms with van der Waals surface area (Å²) in [6.45, 7) is 0. The smallest absolute Gasteiger partial charge is 0.263 e. The summed E-state index contributed by atoms with van der Waals surface area (Å²) < 4.78 is 0. The van der Waals surface area contributed by atoms with Crippen LogP contribution in [0, 0.1) is 20.2 Å². The Bertz CT molecular complexity index is 279. The minimum atomic E-state index is -1.21. The van der Waals surface area contributed by atoms with Gasteiger partial charge in [0.1, 0.15) is 0 Å². The van der Waals surface area contributed by atoms with Crippen molar-refractivity contribution in [3.8, 4) is 0 Å². The molecule has 10 nitrogen and oxygen atoms in total. The fraction of sp³-hybridized carbons (Fsp3) is 0. The number of nitrogens with one attached hydrogen (secondary N) is 1. The third-order valence-corrected chi connectivity index (χ3v) is 0.918. The topological polar surface area (TPSA) is 131 Å². The van der Waals surface area contributed by atoms with Gasteiger partial charge in [0.15, 0.2) is 0 Å². The molecular formula is C2H2N6O4. The Morgan fingerprint density at radius 1 is 1.42 bits per heavy atom. The van der Waals surface area contributed by atoms with Gasteiger partial charge >= 0.3 is 5.82 Å². The maximum absolute atomic E-state index is 10.0. The van der Waals surface area contributed by atoms with Gasteiger partial charge in [-0.15, -0.1) is 0 Å². The lowest BCUT2D eigenvalue weighted by molar-refractivity contribution is -0.712. The Kier molecular flexibility index (Phi) is 1.81. The van der Waals surface area contributed by atoms with Crippen LogP contribution in [-0.4, -0.2) is 25.5 Å². The number of nitrogens with zero attached hydrogens (tertiary/aromatic N) is 5. The molecule has 0 saturated heterocycles. The zero-order chi connectivity index (χ0) is 9.14. The molecule has 0 bridgehead atoms. The van der Waals surface area contributed by atoms with Crippen molar-refractivity contribution in [3.63, 3.8) is 0 Å². The summed E-state index contributed by atoms with van der Waals surface area (Å²) in [6.07, 6.45) is 0.936. The highest BCUT2D eigenvalue weighted by atomic mass is 16.8. The number of nitro groups is 2. The number of hydrazine groups is 2. The van der Waals surface area contributed by atoms with E-state index >= 15 is 0 Å². The van der Waals surface area contributed by atoms with Crippen LogP contribution in [-0.2, 0) is 0 Å². The summed E-state index contributed by atoms with van der Waals surface area (Å²) in [6, 6.07) is 0. The zero-order valence-electron chi connectivity index (χ0n) is 5.45. The minimum Gasteiger partial charge on any atom is -0.263 e.